The first-order valence-corrected chi connectivity index (χ1v) is 8.11. The van der Waals surface area contributed by atoms with Gasteiger partial charge in [-0.05, 0) is 42.9 Å². The zero-order chi connectivity index (χ0) is 16.4. The minimum absolute atomic E-state index is 0.00961. The summed E-state index contributed by atoms with van der Waals surface area (Å²) in [5.74, 6) is 0.0623. The van der Waals surface area contributed by atoms with E-state index in [1.807, 2.05) is 25.1 Å². The van der Waals surface area contributed by atoms with E-state index in [1.54, 1.807) is 0 Å². The van der Waals surface area contributed by atoms with E-state index in [0.29, 0.717) is 19.6 Å². The van der Waals surface area contributed by atoms with Crippen molar-refractivity contribution in [2.75, 3.05) is 18.5 Å². The second kappa shape index (κ2) is 6.68. The Kier molecular flexibility index (Phi) is 4.63. The third kappa shape index (κ3) is 3.54. The van der Waals surface area contributed by atoms with Gasteiger partial charge in [-0.1, -0.05) is 12.1 Å². The molecule has 0 spiro atoms. The number of carbonyl (C=O) groups is 2. The van der Waals surface area contributed by atoms with Crippen molar-refractivity contribution < 1.29 is 14.3 Å². The number of ether oxygens (including phenoxy) is 1. The normalized spacial score (nSPS) is 20.5. The maximum absolute atomic E-state index is 12.4. The largest absolute Gasteiger partial charge is 0.381 e. The van der Waals surface area contributed by atoms with Crippen LogP contribution in [0.25, 0.3) is 0 Å². The predicted molar refractivity (Wildman–Crippen MR) is 86.9 cm³/mol. The van der Waals surface area contributed by atoms with Crippen LogP contribution in [-0.4, -0.2) is 31.1 Å². The van der Waals surface area contributed by atoms with Gasteiger partial charge in [-0.15, -0.1) is 0 Å². The molecule has 6 heteroatoms. The van der Waals surface area contributed by atoms with Gasteiger partial charge in [0.2, 0.25) is 11.8 Å². The van der Waals surface area contributed by atoms with Crippen LogP contribution in [0.3, 0.4) is 0 Å². The average Bonchev–Trinajstić information content (AvgIpc) is 2.93. The van der Waals surface area contributed by atoms with E-state index in [4.69, 9.17) is 10.5 Å². The molecule has 1 fully saturated rings. The van der Waals surface area contributed by atoms with Gasteiger partial charge in [0.25, 0.3) is 0 Å². The fraction of sp³-hybridized carbons (Fsp3) is 0.529. The topological polar surface area (TPSA) is 93.5 Å². The summed E-state index contributed by atoms with van der Waals surface area (Å²) in [4.78, 5) is 23.8. The summed E-state index contributed by atoms with van der Waals surface area (Å²) in [7, 11) is 0. The van der Waals surface area contributed by atoms with Gasteiger partial charge in [-0.3, -0.25) is 9.59 Å². The van der Waals surface area contributed by atoms with E-state index in [2.05, 4.69) is 10.6 Å². The Hall–Kier alpha value is -1.92. The van der Waals surface area contributed by atoms with Crippen LogP contribution in [0, 0.1) is 5.92 Å². The monoisotopic (exact) mass is 317 g/mol. The highest BCUT2D eigenvalue weighted by atomic mass is 16.5. The van der Waals surface area contributed by atoms with Gasteiger partial charge < -0.3 is 21.1 Å². The molecule has 3 rings (SSSR count). The molecule has 0 aliphatic carbocycles. The third-order valence-electron chi connectivity index (χ3n) is 4.69. The molecular weight excluding hydrogens is 294 g/mol. The molecule has 2 amide bonds. The summed E-state index contributed by atoms with van der Waals surface area (Å²) in [5, 5.41) is 5.79. The van der Waals surface area contributed by atoms with Crippen molar-refractivity contribution in [2.24, 2.45) is 11.7 Å². The van der Waals surface area contributed by atoms with Crippen LogP contribution >= 0.6 is 0 Å². The number of nitrogens with two attached hydrogens (primary N) is 1. The molecule has 2 unspecified atom stereocenters. The van der Waals surface area contributed by atoms with E-state index in [-0.39, 0.29) is 23.8 Å². The van der Waals surface area contributed by atoms with Crippen LogP contribution < -0.4 is 16.4 Å². The first kappa shape index (κ1) is 16.0. The molecule has 2 aliphatic heterocycles. The predicted octanol–water partition coefficient (Wildman–Crippen LogP) is 1.11. The molecule has 2 aliphatic rings. The van der Waals surface area contributed by atoms with E-state index in [9.17, 15) is 9.59 Å². The van der Waals surface area contributed by atoms with E-state index in [1.165, 1.54) is 0 Å². The van der Waals surface area contributed by atoms with Crippen LogP contribution in [-0.2, 0) is 20.7 Å². The molecule has 1 aromatic rings. The number of anilines is 1. The number of amides is 2. The molecule has 4 N–H and O–H groups in total. The van der Waals surface area contributed by atoms with Crippen molar-refractivity contribution >= 4 is 17.5 Å². The fourth-order valence-corrected chi connectivity index (χ4v) is 3.20. The molecule has 124 valence electrons. The molecule has 0 aromatic heterocycles. The summed E-state index contributed by atoms with van der Waals surface area (Å²) in [6, 6.07) is 5.14. The van der Waals surface area contributed by atoms with Crippen LogP contribution in [0.15, 0.2) is 18.2 Å². The number of hydrogen-bond donors (Lipinski definition) is 3. The zero-order valence-electron chi connectivity index (χ0n) is 13.3. The summed E-state index contributed by atoms with van der Waals surface area (Å²) in [6.45, 7) is 3.28. The van der Waals surface area contributed by atoms with Gasteiger partial charge in [0, 0.05) is 18.9 Å². The second-order valence-corrected chi connectivity index (χ2v) is 6.35. The maximum atomic E-state index is 12.4. The Morgan fingerprint density at radius 1 is 1.39 bits per heavy atom. The molecule has 1 aromatic carbocycles. The molecule has 0 radical (unpaired) electrons. The average molecular weight is 317 g/mol. The van der Waals surface area contributed by atoms with Crippen molar-refractivity contribution in [1.82, 2.24) is 5.32 Å². The third-order valence-corrected chi connectivity index (χ3v) is 4.69. The standard InChI is InChI=1S/C17H23N3O3/c1-10(12-2-3-14-13(8-12)9-15(21)20-14)19-17(22)16(18)11-4-6-23-7-5-11/h2-3,8,10-11,16H,4-7,9,18H2,1H3,(H,19,22)(H,20,21). The smallest absolute Gasteiger partial charge is 0.237 e. The number of benzene rings is 1. The lowest BCUT2D eigenvalue weighted by Crippen LogP contribution is -2.47. The number of rotatable bonds is 4. The van der Waals surface area contributed by atoms with Crippen molar-refractivity contribution in [2.45, 2.75) is 38.3 Å². The molecular formula is C17H23N3O3. The SMILES string of the molecule is CC(NC(=O)C(N)C1CCOCC1)c1ccc2c(c1)CC(=O)N2. The molecule has 2 heterocycles. The molecule has 1 saturated heterocycles. The number of hydrogen-bond acceptors (Lipinski definition) is 4. The zero-order valence-corrected chi connectivity index (χ0v) is 13.3. The fourth-order valence-electron chi connectivity index (χ4n) is 3.20. The van der Waals surface area contributed by atoms with Gasteiger partial charge in [0.05, 0.1) is 18.5 Å². The van der Waals surface area contributed by atoms with Crippen molar-refractivity contribution in [3.05, 3.63) is 29.3 Å². The first-order chi connectivity index (χ1) is 11.0. The lowest BCUT2D eigenvalue weighted by molar-refractivity contribution is -0.125. The lowest BCUT2D eigenvalue weighted by Gasteiger charge is -2.28. The molecule has 2 atom stereocenters. The Balaban J connectivity index is 1.62. The van der Waals surface area contributed by atoms with Crippen molar-refractivity contribution in [3.63, 3.8) is 0 Å². The van der Waals surface area contributed by atoms with Crippen LogP contribution in [0.2, 0.25) is 0 Å². The number of nitrogens with one attached hydrogen (secondary N) is 2. The van der Waals surface area contributed by atoms with Crippen LogP contribution in [0.5, 0.6) is 0 Å². The van der Waals surface area contributed by atoms with E-state index < -0.39 is 6.04 Å². The summed E-state index contributed by atoms with van der Waals surface area (Å²) in [6.07, 6.45) is 2.05. The minimum Gasteiger partial charge on any atom is -0.381 e. The van der Waals surface area contributed by atoms with Crippen molar-refractivity contribution in [1.29, 1.82) is 0 Å². The van der Waals surface area contributed by atoms with Gasteiger partial charge in [0.15, 0.2) is 0 Å². The Labute approximate surface area is 135 Å². The quantitative estimate of drug-likeness (QED) is 0.775. The van der Waals surface area contributed by atoms with Gasteiger partial charge in [-0.2, -0.15) is 0 Å². The molecule has 0 saturated carbocycles. The minimum atomic E-state index is -0.501. The van der Waals surface area contributed by atoms with Crippen LogP contribution in [0.1, 0.15) is 36.9 Å². The number of carbonyl (C=O) groups excluding carboxylic acids is 2. The second-order valence-electron chi connectivity index (χ2n) is 6.35. The molecule has 0 bridgehead atoms. The molecule has 23 heavy (non-hydrogen) atoms. The highest BCUT2D eigenvalue weighted by Crippen LogP contribution is 2.26. The van der Waals surface area contributed by atoms with E-state index in [0.717, 1.165) is 29.7 Å². The summed E-state index contributed by atoms with van der Waals surface area (Å²) < 4.78 is 5.31. The summed E-state index contributed by atoms with van der Waals surface area (Å²) >= 11 is 0. The van der Waals surface area contributed by atoms with Gasteiger partial charge >= 0.3 is 0 Å². The van der Waals surface area contributed by atoms with E-state index >= 15 is 0 Å². The highest BCUT2D eigenvalue weighted by Gasteiger charge is 2.27. The number of fused-ring (bicyclic) bond motifs is 1. The van der Waals surface area contributed by atoms with Crippen LogP contribution in [0.4, 0.5) is 5.69 Å². The Morgan fingerprint density at radius 3 is 2.87 bits per heavy atom. The Morgan fingerprint density at radius 2 is 2.13 bits per heavy atom. The van der Waals surface area contributed by atoms with Gasteiger partial charge in [-0.25, -0.2) is 0 Å². The Bertz CT molecular complexity index is 611. The first-order valence-electron chi connectivity index (χ1n) is 8.11. The lowest BCUT2D eigenvalue weighted by atomic mass is 9.91. The highest BCUT2D eigenvalue weighted by molar-refractivity contribution is 5.99. The van der Waals surface area contributed by atoms with Crippen molar-refractivity contribution in [3.8, 4) is 0 Å². The maximum Gasteiger partial charge on any atom is 0.237 e. The molecule has 6 nitrogen and oxygen atoms in total. The summed E-state index contributed by atoms with van der Waals surface area (Å²) in [5.41, 5.74) is 8.92. The van der Waals surface area contributed by atoms with Gasteiger partial charge in [0.1, 0.15) is 0 Å².